The van der Waals surface area contributed by atoms with Crippen LogP contribution in [0.1, 0.15) is 50.6 Å². The summed E-state index contributed by atoms with van der Waals surface area (Å²) in [6, 6.07) is 8.30. The van der Waals surface area contributed by atoms with E-state index < -0.39 is 0 Å². The summed E-state index contributed by atoms with van der Waals surface area (Å²) in [5.74, 6) is 1.48. The molecule has 5 nitrogen and oxygen atoms in total. The zero-order valence-electron chi connectivity index (χ0n) is 14.8. The topological polar surface area (TPSA) is 68.9 Å². The number of ether oxygens (including phenoxy) is 2. The summed E-state index contributed by atoms with van der Waals surface area (Å²) < 4.78 is 11.2. The lowest BCUT2D eigenvalue weighted by atomic mass is 9.75. The van der Waals surface area contributed by atoms with E-state index in [4.69, 9.17) is 15.2 Å². The van der Waals surface area contributed by atoms with Crippen LogP contribution in [0.25, 0.3) is 0 Å². The Kier molecular flexibility index (Phi) is 5.29. The highest BCUT2D eigenvalue weighted by molar-refractivity contribution is 5.78. The maximum absolute atomic E-state index is 6.16. The highest BCUT2D eigenvalue weighted by atomic mass is 16.5. The number of hydrogen-bond donors (Lipinski definition) is 2. The van der Waals surface area contributed by atoms with Gasteiger partial charge in [0.05, 0.1) is 18.8 Å². The SMILES string of the molecule is COC1CCC(C)(CN=C(N)NC2CCOc3ccccc32)CC1. The molecule has 3 rings (SSSR count). The van der Waals surface area contributed by atoms with E-state index in [2.05, 4.69) is 23.3 Å². The van der Waals surface area contributed by atoms with Crippen LogP contribution >= 0.6 is 0 Å². The Morgan fingerprint density at radius 2 is 2.08 bits per heavy atom. The molecule has 1 fully saturated rings. The van der Waals surface area contributed by atoms with E-state index in [0.29, 0.717) is 18.7 Å². The van der Waals surface area contributed by atoms with Gasteiger partial charge in [0.2, 0.25) is 0 Å². The second kappa shape index (κ2) is 7.43. The second-order valence-corrected chi connectivity index (χ2v) is 7.32. The number of aliphatic imine (C=N–C) groups is 1. The van der Waals surface area contributed by atoms with Crippen LogP contribution in [0.4, 0.5) is 0 Å². The molecule has 0 amide bonds. The van der Waals surface area contributed by atoms with Crippen molar-refractivity contribution in [3.63, 3.8) is 0 Å². The maximum atomic E-state index is 6.16. The summed E-state index contributed by atoms with van der Waals surface area (Å²) in [5.41, 5.74) is 7.56. The minimum Gasteiger partial charge on any atom is -0.493 e. The molecule has 1 unspecified atom stereocenters. The van der Waals surface area contributed by atoms with E-state index in [1.807, 2.05) is 18.2 Å². The first-order chi connectivity index (χ1) is 11.6. The Labute approximate surface area is 144 Å². The van der Waals surface area contributed by atoms with E-state index in [0.717, 1.165) is 50.0 Å². The van der Waals surface area contributed by atoms with Gasteiger partial charge in [0.25, 0.3) is 0 Å². The van der Waals surface area contributed by atoms with Crippen LogP contribution in [0, 0.1) is 5.41 Å². The third kappa shape index (κ3) is 4.01. The van der Waals surface area contributed by atoms with Crippen LogP contribution in [-0.4, -0.2) is 32.3 Å². The molecule has 0 bridgehead atoms. The van der Waals surface area contributed by atoms with Gasteiger partial charge in [-0.25, -0.2) is 0 Å². The summed E-state index contributed by atoms with van der Waals surface area (Å²) in [5, 5.41) is 3.37. The first kappa shape index (κ1) is 17.1. The van der Waals surface area contributed by atoms with Crippen LogP contribution in [0.5, 0.6) is 5.75 Å². The number of nitrogens with zero attached hydrogens (tertiary/aromatic N) is 1. The van der Waals surface area contributed by atoms with Gasteiger partial charge in [-0.15, -0.1) is 0 Å². The van der Waals surface area contributed by atoms with Crippen molar-refractivity contribution in [3.8, 4) is 5.75 Å². The number of hydrogen-bond acceptors (Lipinski definition) is 3. The fraction of sp³-hybridized carbons (Fsp3) is 0.632. The normalized spacial score (nSPS) is 30.3. The molecule has 132 valence electrons. The van der Waals surface area contributed by atoms with Crippen molar-refractivity contribution >= 4 is 5.96 Å². The Morgan fingerprint density at radius 1 is 1.33 bits per heavy atom. The summed E-state index contributed by atoms with van der Waals surface area (Å²) in [7, 11) is 1.80. The maximum Gasteiger partial charge on any atom is 0.189 e. The molecule has 1 aromatic carbocycles. The van der Waals surface area contributed by atoms with E-state index in [9.17, 15) is 0 Å². The van der Waals surface area contributed by atoms with Gasteiger partial charge in [0, 0.05) is 25.6 Å². The Balaban J connectivity index is 1.57. The van der Waals surface area contributed by atoms with Crippen molar-refractivity contribution in [1.29, 1.82) is 0 Å². The van der Waals surface area contributed by atoms with E-state index in [1.54, 1.807) is 7.11 Å². The zero-order valence-corrected chi connectivity index (χ0v) is 14.8. The van der Waals surface area contributed by atoms with Crippen molar-refractivity contribution in [2.24, 2.45) is 16.1 Å². The van der Waals surface area contributed by atoms with Gasteiger partial charge < -0.3 is 20.5 Å². The van der Waals surface area contributed by atoms with Gasteiger partial charge in [-0.2, -0.15) is 0 Å². The Hall–Kier alpha value is -1.75. The third-order valence-corrected chi connectivity index (χ3v) is 5.38. The Morgan fingerprint density at radius 3 is 2.83 bits per heavy atom. The molecule has 0 radical (unpaired) electrons. The van der Waals surface area contributed by atoms with Crippen LogP contribution in [0.2, 0.25) is 0 Å². The predicted octanol–water partition coefficient (Wildman–Crippen LogP) is 3.01. The lowest BCUT2D eigenvalue weighted by Crippen LogP contribution is -2.38. The molecule has 1 heterocycles. The molecule has 24 heavy (non-hydrogen) atoms. The van der Waals surface area contributed by atoms with Gasteiger partial charge in [0.1, 0.15) is 5.75 Å². The molecule has 1 aliphatic heterocycles. The third-order valence-electron chi connectivity index (χ3n) is 5.38. The van der Waals surface area contributed by atoms with Crippen LogP contribution in [0.15, 0.2) is 29.3 Å². The summed E-state index contributed by atoms with van der Waals surface area (Å²) >= 11 is 0. The lowest BCUT2D eigenvalue weighted by molar-refractivity contribution is 0.0352. The monoisotopic (exact) mass is 331 g/mol. The first-order valence-electron chi connectivity index (χ1n) is 8.91. The predicted molar refractivity (Wildman–Crippen MR) is 96.3 cm³/mol. The molecule has 0 aromatic heterocycles. The van der Waals surface area contributed by atoms with Gasteiger partial charge in [-0.05, 0) is 37.2 Å². The van der Waals surface area contributed by atoms with Gasteiger partial charge in [0.15, 0.2) is 5.96 Å². The fourth-order valence-electron chi connectivity index (χ4n) is 3.67. The highest BCUT2D eigenvalue weighted by Crippen LogP contribution is 2.37. The van der Waals surface area contributed by atoms with Crippen LogP contribution in [-0.2, 0) is 4.74 Å². The van der Waals surface area contributed by atoms with Gasteiger partial charge in [-0.1, -0.05) is 25.1 Å². The number of rotatable bonds is 4. The summed E-state index contributed by atoms with van der Waals surface area (Å²) in [6.45, 7) is 3.78. The van der Waals surface area contributed by atoms with Crippen molar-refractivity contribution in [3.05, 3.63) is 29.8 Å². The number of methoxy groups -OCH3 is 1. The van der Waals surface area contributed by atoms with Crippen molar-refractivity contribution in [1.82, 2.24) is 5.32 Å². The molecule has 0 saturated heterocycles. The lowest BCUT2D eigenvalue weighted by Gasteiger charge is -2.35. The standard InChI is InChI=1S/C19H29N3O2/c1-19(10-7-14(23-2)8-11-19)13-21-18(20)22-16-9-12-24-17-6-4-3-5-15(16)17/h3-6,14,16H,7-13H2,1-2H3,(H3,20,21,22). The van der Waals surface area contributed by atoms with Crippen LogP contribution < -0.4 is 15.8 Å². The molecule has 5 heteroatoms. The molecule has 2 aliphatic rings. The molecule has 1 saturated carbocycles. The minimum absolute atomic E-state index is 0.177. The molecule has 1 aromatic rings. The average Bonchev–Trinajstić information content (AvgIpc) is 2.61. The minimum atomic E-state index is 0.177. The van der Waals surface area contributed by atoms with Crippen LogP contribution in [0.3, 0.4) is 0 Å². The molecule has 1 atom stereocenters. The first-order valence-corrected chi connectivity index (χ1v) is 8.91. The van der Waals surface area contributed by atoms with Crippen molar-refractivity contribution in [2.75, 3.05) is 20.3 Å². The average molecular weight is 331 g/mol. The van der Waals surface area contributed by atoms with Crippen molar-refractivity contribution in [2.45, 2.75) is 51.2 Å². The quantitative estimate of drug-likeness (QED) is 0.657. The number of nitrogens with one attached hydrogen (secondary N) is 1. The molecular weight excluding hydrogens is 302 g/mol. The fourth-order valence-corrected chi connectivity index (χ4v) is 3.67. The summed E-state index contributed by atoms with van der Waals surface area (Å²) in [4.78, 5) is 4.64. The number of nitrogens with two attached hydrogens (primary N) is 1. The number of para-hydroxylation sites is 1. The molecule has 3 N–H and O–H groups in total. The van der Waals surface area contributed by atoms with Gasteiger partial charge in [-0.3, -0.25) is 4.99 Å². The molecule has 1 aliphatic carbocycles. The Bertz CT molecular complexity index is 580. The van der Waals surface area contributed by atoms with Gasteiger partial charge >= 0.3 is 0 Å². The molecule has 0 spiro atoms. The number of benzene rings is 1. The smallest absolute Gasteiger partial charge is 0.189 e. The largest absolute Gasteiger partial charge is 0.493 e. The summed E-state index contributed by atoms with van der Waals surface area (Å²) in [6.07, 6.45) is 5.83. The number of fused-ring (bicyclic) bond motifs is 1. The molecular formula is C19H29N3O2. The van der Waals surface area contributed by atoms with E-state index in [1.165, 1.54) is 0 Å². The highest BCUT2D eigenvalue weighted by Gasteiger charge is 2.31. The second-order valence-electron chi connectivity index (χ2n) is 7.32. The number of guanidine groups is 1. The van der Waals surface area contributed by atoms with Crippen molar-refractivity contribution < 1.29 is 9.47 Å². The van der Waals surface area contributed by atoms with E-state index in [-0.39, 0.29) is 11.5 Å². The zero-order chi connectivity index (χ0) is 17.0. The van der Waals surface area contributed by atoms with E-state index >= 15 is 0 Å².